The van der Waals surface area contributed by atoms with Crippen LogP contribution in [0.4, 0.5) is 5.95 Å². The Morgan fingerprint density at radius 1 is 0.950 bits per heavy atom. The average Bonchev–Trinajstić information content (AvgIpc) is 3.31. The van der Waals surface area contributed by atoms with Gasteiger partial charge in [0.25, 0.3) is 5.56 Å². The maximum atomic E-state index is 12.3. The van der Waals surface area contributed by atoms with Gasteiger partial charge in [-0.25, -0.2) is 4.98 Å². The van der Waals surface area contributed by atoms with Crippen molar-refractivity contribution in [1.82, 2.24) is 19.5 Å². The molecule has 0 aliphatic heterocycles. The summed E-state index contributed by atoms with van der Waals surface area (Å²) < 4.78 is 30.2. The van der Waals surface area contributed by atoms with Crippen LogP contribution >= 0.6 is 7.60 Å². The molecule has 0 aromatic carbocycles. The SMILES string of the molecule is CCCCCCCCCCCCCCCCOCCCOP(=O)(O)CO[C@H](C)Cn1cnc2c(=O)[nH]c(N)nc21. The van der Waals surface area contributed by atoms with Crippen LogP contribution in [0, 0.1) is 0 Å². The number of nitrogens with two attached hydrogens (primary N) is 1. The highest BCUT2D eigenvalue weighted by atomic mass is 31.2. The Bertz CT molecular complexity index is 1050. The van der Waals surface area contributed by atoms with Gasteiger partial charge in [-0.2, -0.15) is 4.98 Å². The quantitative estimate of drug-likeness (QED) is 0.0918. The number of H-pyrrole nitrogens is 1. The van der Waals surface area contributed by atoms with Gasteiger partial charge in [-0.05, 0) is 19.8 Å². The number of ether oxygens (including phenoxy) is 2. The molecular formula is C28H52N5O6P. The molecule has 11 nitrogen and oxygen atoms in total. The maximum absolute atomic E-state index is 12.3. The van der Waals surface area contributed by atoms with Crippen molar-refractivity contribution in [3.63, 3.8) is 0 Å². The van der Waals surface area contributed by atoms with Crippen molar-refractivity contribution >= 4 is 24.7 Å². The minimum absolute atomic E-state index is 0.00959. The second-order valence-corrected chi connectivity index (χ2v) is 12.5. The lowest BCUT2D eigenvalue weighted by Gasteiger charge is -2.17. The first-order valence-corrected chi connectivity index (χ1v) is 16.9. The van der Waals surface area contributed by atoms with Gasteiger partial charge in [-0.1, -0.05) is 90.4 Å². The molecular weight excluding hydrogens is 533 g/mol. The van der Waals surface area contributed by atoms with Crippen LogP contribution in [0.5, 0.6) is 0 Å². The Morgan fingerprint density at radius 3 is 2.15 bits per heavy atom. The fraction of sp³-hybridized carbons (Fsp3) is 0.821. The predicted octanol–water partition coefficient (Wildman–Crippen LogP) is 6.15. The van der Waals surface area contributed by atoms with Crippen LogP contribution in [0.1, 0.15) is 110 Å². The Labute approximate surface area is 239 Å². The highest BCUT2D eigenvalue weighted by Crippen LogP contribution is 2.42. The molecule has 4 N–H and O–H groups in total. The predicted molar refractivity (Wildman–Crippen MR) is 160 cm³/mol. The largest absolute Gasteiger partial charge is 0.381 e. The lowest BCUT2D eigenvalue weighted by molar-refractivity contribution is 0.0688. The van der Waals surface area contributed by atoms with Gasteiger partial charge in [0.05, 0.1) is 25.6 Å². The van der Waals surface area contributed by atoms with E-state index in [-0.39, 0.29) is 24.6 Å². The molecule has 230 valence electrons. The second kappa shape index (κ2) is 20.2. The van der Waals surface area contributed by atoms with E-state index in [1.165, 1.54) is 89.8 Å². The number of unbranched alkanes of at least 4 members (excludes halogenated alkanes) is 13. The Hall–Kier alpha value is -1.78. The molecule has 2 aromatic heterocycles. The molecule has 0 aliphatic rings. The number of nitrogens with one attached hydrogen (secondary N) is 1. The number of imidazole rings is 1. The van der Waals surface area contributed by atoms with E-state index >= 15 is 0 Å². The van der Waals surface area contributed by atoms with E-state index in [4.69, 9.17) is 19.7 Å². The Morgan fingerprint density at radius 2 is 1.52 bits per heavy atom. The van der Waals surface area contributed by atoms with E-state index in [1.54, 1.807) is 11.5 Å². The molecule has 2 rings (SSSR count). The third-order valence-electron chi connectivity index (χ3n) is 6.84. The molecule has 0 bridgehead atoms. The highest BCUT2D eigenvalue weighted by Gasteiger charge is 2.21. The zero-order valence-electron chi connectivity index (χ0n) is 24.7. The second-order valence-electron chi connectivity index (χ2n) is 10.7. The smallest absolute Gasteiger partial charge is 0.353 e. The summed E-state index contributed by atoms with van der Waals surface area (Å²) in [5.41, 5.74) is 5.68. The maximum Gasteiger partial charge on any atom is 0.353 e. The number of rotatable bonds is 25. The molecule has 0 saturated carbocycles. The first kappa shape index (κ1) is 34.4. The molecule has 0 saturated heterocycles. The summed E-state index contributed by atoms with van der Waals surface area (Å²) in [5, 5.41) is 0. The van der Waals surface area contributed by atoms with Crippen LogP contribution in [0.25, 0.3) is 11.2 Å². The van der Waals surface area contributed by atoms with Crippen molar-refractivity contribution in [3.8, 4) is 0 Å². The van der Waals surface area contributed by atoms with Crippen LogP contribution in [0.15, 0.2) is 11.1 Å². The third kappa shape index (κ3) is 14.7. The van der Waals surface area contributed by atoms with Crippen LogP contribution in [-0.2, 0) is 25.1 Å². The van der Waals surface area contributed by atoms with Gasteiger partial charge in [-0.3, -0.25) is 14.3 Å². The van der Waals surface area contributed by atoms with E-state index in [2.05, 4.69) is 21.9 Å². The fourth-order valence-corrected chi connectivity index (χ4v) is 5.49. The number of fused-ring (bicyclic) bond motifs is 1. The molecule has 0 fully saturated rings. The van der Waals surface area contributed by atoms with Crippen molar-refractivity contribution in [2.24, 2.45) is 0 Å². The molecule has 40 heavy (non-hydrogen) atoms. The van der Waals surface area contributed by atoms with Gasteiger partial charge in [0.2, 0.25) is 5.95 Å². The highest BCUT2D eigenvalue weighted by molar-refractivity contribution is 7.52. The molecule has 2 heterocycles. The number of hydrogen-bond acceptors (Lipinski definition) is 8. The number of aromatic amines is 1. The van der Waals surface area contributed by atoms with E-state index in [0.717, 1.165) is 6.42 Å². The minimum atomic E-state index is -3.89. The number of anilines is 1. The van der Waals surface area contributed by atoms with Crippen molar-refractivity contribution in [1.29, 1.82) is 0 Å². The van der Waals surface area contributed by atoms with Gasteiger partial charge in [0.1, 0.15) is 6.35 Å². The summed E-state index contributed by atoms with van der Waals surface area (Å²) in [7, 11) is -3.89. The van der Waals surface area contributed by atoms with Crippen LogP contribution in [0.3, 0.4) is 0 Å². The number of nitrogen functional groups attached to an aromatic ring is 1. The molecule has 0 amide bonds. The van der Waals surface area contributed by atoms with Crippen molar-refractivity contribution in [2.45, 2.75) is 123 Å². The molecule has 0 aliphatic carbocycles. The molecule has 12 heteroatoms. The normalized spacial score (nSPS) is 14.1. The van der Waals surface area contributed by atoms with E-state index in [0.29, 0.717) is 25.3 Å². The van der Waals surface area contributed by atoms with Crippen LogP contribution in [0.2, 0.25) is 0 Å². The van der Waals surface area contributed by atoms with Crippen molar-refractivity contribution in [3.05, 3.63) is 16.7 Å². The average molecular weight is 586 g/mol. The summed E-state index contributed by atoms with van der Waals surface area (Å²) >= 11 is 0. The fourth-order valence-electron chi connectivity index (χ4n) is 4.56. The Kier molecular flexibility index (Phi) is 17.3. The van der Waals surface area contributed by atoms with Gasteiger partial charge < -0.3 is 29.2 Å². The van der Waals surface area contributed by atoms with E-state index in [1.807, 2.05) is 0 Å². The molecule has 2 atom stereocenters. The van der Waals surface area contributed by atoms with Gasteiger partial charge in [-0.15, -0.1) is 0 Å². The summed E-state index contributed by atoms with van der Waals surface area (Å²) in [6, 6.07) is 0. The minimum Gasteiger partial charge on any atom is -0.381 e. The van der Waals surface area contributed by atoms with Gasteiger partial charge >= 0.3 is 7.60 Å². The number of aromatic nitrogens is 4. The molecule has 1 unspecified atom stereocenters. The number of hydrogen-bond donors (Lipinski definition) is 3. The topological polar surface area (TPSA) is 155 Å². The Balaban J connectivity index is 1.41. The summed E-state index contributed by atoms with van der Waals surface area (Å²) in [5.74, 6) is -0.00959. The molecule has 2 aromatic rings. The van der Waals surface area contributed by atoms with Gasteiger partial charge in [0, 0.05) is 13.2 Å². The van der Waals surface area contributed by atoms with Crippen LogP contribution < -0.4 is 11.3 Å². The lowest BCUT2D eigenvalue weighted by Crippen LogP contribution is -2.19. The van der Waals surface area contributed by atoms with Crippen molar-refractivity contribution in [2.75, 3.05) is 31.9 Å². The zero-order valence-corrected chi connectivity index (χ0v) is 25.5. The van der Waals surface area contributed by atoms with Crippen molar-refractivity contribution < 1.29 is 23.5 Å². The first-order valence-electron chi connectivity index (χ1n) is 15.2. The molecule has 0 radical (unpaired) electrons. The van der Waals surface area contributed by atoms with E-state index in [9.17, 15) is 14.3 Å². The lowest BCUT2D eigenvalue weighted by atomic mass is 10.0. The third-order valence-corrected chi connectivity index (χ3v) is 7.90. The molecule has 0 spiro atoms. The number of nitrogens with zero attached hydrogens (tertiary/aromatic N) is 3. The zero-order chi connectivity index (χ0) is 29.1. The summed E-state index contributed by atoms with van der Waals surface area (Å²) in [6.45, 7) is 5.62. The summed E-state index contributed by atoms with van der Waals surface area (Å²) in [4.78, 5) is 32.5. The standard InChI is InChI=1S/C28H52N5O6P/c1-3-4-5-6-7-8-9-10-11-12-13-14-15-16-18-37-19-17-20-39-40(35,36)23-38-24(2)21-33-22-30-25-26(33)31-28(29)32-27(25)34/h22,24H,3-21,23H2,1-2H3,(H,35,36)(H3,29,31,32,34)/t24-/m1/s1. The summed E-state index contributed by atoms with van der Waals surface area (Å²) in [6.07, 6.45) is 19.7. The van der Waals surface area contributed by atoms with E-state index < -0.39 is 25.6 Å². The van der Waals surface area contributed by atoms with Crippen LogP contribution in [-0.4, -0.2) is 56.7 Å². The first-order chi connectivity index (χ1) is 19.3. The van der Waals surface area contributed by atoms with Gasteiger partial charge in [0.15, 0.2) is 11.2 Å². The monoisotopic (exact) mass is 585 g/mol.